The summed E-state index contributed by atoms with van der Waals surface area (Å²) in [7, 11) is 5.14. The van der Waals surface area contributed by atoms with Crippen molar-refractivity contribution in [3.05, 3.63) is 22.7 Å². The van der Waals surface area contributed by atoms with E-state index in [2.05, 4.69) is 5.32 Å². The first-order valence-corrected chi connectivity index (χ1v) is 6.79. The summed E-state index contributed by atoms with van der Waals surface area (Å²) in [6.07, 6.45) is 2.28. The quantitative estimate of drug-likeness (QED) is 0.903. The zero-order valence-corrected chi connectivity index (χ0v) is 12.3. The highest BCUT2D eigenvalue weighted by atomic mass is 35.5. The van der Waals surface area contributed by atoms with Gasteiger partial charge in [-0.05, 0) is 31.5 Å². The molecule has 0 aromatic heterocycles. The van der Waals surface area contributed by atoms with Crippen LogP contribution in [0.1, 0.15) is 24.4 Å². The van der Waals surface area contributed by atoms with Gasteiger partial charge in [0.05, 0.1) is 26.4 Å². The maximum Gasteiger partial charge on any atom is 0.162 e. The summed E-state index contributed by atoms with van der Waals surface area (Å²) in [4.78, 5) is 0. The lowest BCUT2D eigenvalue weighted by Gasteiger charge is -2.24. The Kier molecular flexibility index (Phi) is 4.91. The zero-order chi connectivity index (χ0) is 13.8. The van der Waals surface area contributed by atoms with Gasteiger partial charge in [0, 0.05) is 17.7 Å². The standard InChI is InChI=1S/C14H20ClNO3/c1-16-14(11-5-4-6-19-11)9-7-12(17-2)13(18-3)8-10(9)15/h7-8,11,14,16H,4-6H2,1-3H3. The molecule has 1 aromatic rings. The van der Waals surface area contributed by atoms with Crippen molar-refractivity contribution in [1.82, 2.24) is 5.32 Å². The molecule has 1 N–H and O–H groups in total. The van der Waals surface area contributed by atoms with Gasteiger partial charge in [-0.2, -0.15) is 0 Å². The van der Waals surface area contributed by atoms with Crippen molar-refractivity contribution in [3.63, 3.8) is 0 Å². The first kappa shape index (κ1) is 14.4. The monoisotopic (exact) mass is 285 g/mol. The molecular formula is C14H20ClNO3. The van der Waals surface area contributed by atoms with Crippen molar-refractivity contribution in [2.75, 3.05) is 27.9 Å². The summed E-state index contributed by atoms with van der Waals surface area (Å²) < 4.78 is 16.3. The third-order valence-corrected chi connectivity index (χ3v) is 3.81. The van der Waals surface area contributed by atoms with Crippen molar-refractivity contribution < 1.29 is 14.2 Å². The Morgan fingerprint density at radius 2 is 2.00 bits per heavy atom. The number of methoxy groups -OCH3 is 2. The fourth-order valence-corrected chi connectivity index (χ4v) is 2.79. The van der Waals surface area contributed by atoms with Crippen LogP contribution in [0, 0.1) is 0 Å². The summed E-state index contributed by atoms with van der Waals surface area (Å²) in [6.45, 7) is 0.813. The normalized spacial score (nSPS) is 20.3. The van der Waals surface area contributed by atoms with Gasteiger partial charge in [-0.25, -0.2) is 0 Å². The Morgan fingerprint density at radius 1 is 1.32 bits per heavy atom. The second-order valence-corrected chi connectivity index (χ2v) is 4.95. The van der Waals surface area contributed by atoms with E-state index in [1.807, 2.05) is 13.1 Å². The molecule has 0 spiro atoms. The number of likely N-dealkylation sites (N-methyl/N-ethyl adjacent to an activating group) is 1. The maximum atomic E-state index is 6.36. The highest BCUT2D eigenvalue weighted by molar-refractivity contribution is 6.31. The number of rotatable bonds is 5. The van der Waals surface area contributed by atoms with Gasteiger partial charge in [-0.1, -0.05) is 11.6 Å². The maximum absolute atomic E-state index is 6.36. The summed E-state index contributed by atoms with van der Waals surface area (Å²) in [5.74, 6) is 1.32. The fourth-order valence-electron chi connectivity index (χ4n) is 2.52. The van der Waals surface area contributed by atoms with Crippen molar-refractivity contribution in [3.8, 4) is 11.5 Å². The molecule has 1 aromatic carbocycles. The lowest BCUT2D eigenvalue weighted by molar-refractivity contribution is 0.0807. The average Bonchev–Trinajstić information content (AvgIpc) is 2.94. The van der Waals surface area contributed by atoms with E-state index in [1.165, 1.54) is 0 Å². The SMILES string of the molecule is CNC(c1cc(OC)c(OC)cc1Cl)C1CCCO1. The zero-order valence-electron chi connectivity index (χ0n) is 11.5. The second-order valence-electron chi connectivity index (χ2n) is 4.55. The van der Waals surface area contributed by atoms with Gasteiger partial charge in [0.25, 0.3) is 0 Å². The number of halogens is 1. The summed E-state index contributed by atoms with van der Waals surface area (Å²) >= 11 is 6.36. The van der Waals surface area contributed by atoms with Crippen LogP contribution in [0.5, 0.6) is 11.5 Å². The topological polar surface area (TPSA) is 39.7 Å². The average molecular weight is 286 g/mol. The van der Waals surface area contributed by atoms with E-state index in [1.54, 1.807) is 20.3 Å². The lowest BCUT2D eigenvalue weighted by atomic mass is 9.99. The van der Waals surface area contributed by atoms with E-state index >= 15 is 0 Å². The van der Waals surface area contributed by atoms with Gasteiger partial charge >= 0.3 is 0 Å². The first-order chi connectivity index (χ1) is 9.21. The first-order valence-electron chi connectivity index (χ1n) is 6.41. The van der Waals surface area contributed by atoms with Crippen LogP contribution < -0.4 is 14.8 Å². The smallest absolute Gasteiger partial charge is 0.162 e. The van der Waals surface area contributed by atoms with Crippen LogP contribution in [0.25, 0.3) is 0 Å². The van der Waals surface area contributed by atoms with Gasteiger partial charge < -0.3 is 19.5 Å². The molecule has 0 radical (unpaired) electrons. The van der Waals surface area contributed by atoms with Crippen molar-refractivity contribution in [1.29, 1.82) is 0 Å². The van der Waals surface area contributed by atoms with E-state index in [0.717, 1.165) is 25.0 Å². The van der Waals surface area contributed by atoms with Gasteiger partial charge in [-0.15, -0.1) is 0 Å². The van der Waals surface area contributed by atoms with Crippen LogP contribution >= 0.6 is 11.6 Å². The highest BCUT2D eigenvalue weighted by Gasteiger charge is 2.28. The molecular weight excluding hydrogens is 266 g/mol. The van der Waals surface area contributed by atoms with Gasteiger partial charge in [0.2, 0.25) is 0 Å². The van der Waals surface area contributed by atoms with E-state index < -0.39 is 0 Å². The minimum Gasteiger partial charge on any atom is -0.493 e. The minimum absolute atomic E-state index is 0.0646. The molecule has 1 heterocycles. The van der Waals surface area contributed by atoms with Crippen LogP contribution in [0.2, 0.25) is 5.02 Å². The number of benzene rings is 1. The van der Waals surface area contributed by atoms with Gasteiger partial charge in [0.15, 0.2) is 11.5 Å². The molecule has 2 unspecified atom stereocenters. The molecule has 2 atom stereocenters. The van der Waals surface area contributed by atoms with E-state index in [4.69, 9.17) is 25.8 Å². The number of hydrogen-bond donors (Lipinski definition) is 1. The molecule has 5 heteroatoms. The molecule has 0 saturated carbocycles. The number of hydrogen-bond acceptors (Lipinski definition) is 4. The molecule has 1 aliphatic rings. The highest BCUT2D eigenvalue weighted by Crippen LogP contribution is 2.38. The molecule has 0 bridgehead atoms. The molecule has 1 saturated heterocycles. The Morgan fingerprint density at radius 3 is 2.53 bits per heavy atom. The van der Waals surface area contributed by atoms with E-state index in [-0.39, 0.29) is 12.1 Å². The Labute approximate surface area is 119 Å². The van der Waals surface area contributed by atoms with Gasteiger partial charge in [-0.3, -0.25) is 0 Å². The van der Waals surface area contributed by atoms with Crippen molar-refractivity contribution in [2.45, 2.75) is 25.0 Å². The van der Waals surface area contributed by atoms with Crippen LogP contribution in [0.15, 0.2) is 12.1 Å². The molecule has 1 aliphatic heterocycles. The predicted octanol–water partition coefficient (Wildman–Crippen LogP) is 2.80. The predicted molar refractivity (Wildman–Crippen MR) is 75.3 cm³/mol. The van der Waals surface area contributed by atoms with Crippen LogP contribution in [-0.2, 0) is 4.74 Å². The van der Waals surface area contributed by atoms with Gasteiger partial charge in [0.1, 0.15) is 0 Å². The molecule has 0 amide bonds. The molecule has 4 nitrogen and oxygen atoms in total. The summed E-state index contributed by atoms with van der Waals surface area (Å²) in [6, 6.07) is 3.77. The molecule has 19 heavy (non-hydrogen) atoms. The molecule has 1 fully saturated rings. The Bertz CT molecular complexity index is 433. The van der Waals surface area contributed by atoms with E-state index in [9.17, 15) is 0 Å². The van der Waals surface area contributed by atoms with Crippen LogP contribution in [0.3, 0.4) is 0 Å². The Hall–Kier alpha value is -0.970. The van der Waals surface area contributed by atoms with Crippen molar-refractivity contribution >= 4 is 11.6 Å². The molecule has 2 rings (SSSR count). The fraction of sp³-hybridized carbons (Fsp3) is 0.571. The third-order valence-electron chi connectivity index (χ3n) is 3.49. The summed E-state index contributed by atoms with van der Waals surface area (Å²) in [5.41, 5.74) is 0.980. The largest absolute Gasteiger partial charge is 0.493 e. The van der Waals surface area contributed by atoms with E-state index in [0.29, 0.717) is 16.5 Å². The lowest BCUT2D eigenvalue weighted by Crippen LogP contribution is -2.29. The third kappa shape index (κ3) is 2.96. The number of ether oxygens (including phenoxy) is 3. The second kappa shape index (κ2) is 6.46. The number of nitrogens with one attached hydrogen (secondary N) is 1. The molecule has 0 aliphatic carbocycles. The minimum atomic E-state index is 0.0646. The summed E-state index contributed by atoms with van der Waals surface area (Å²) in [5, 5.41) is 3.94. The van der Waals surface area contributed by atoms with Crippen LogP contribution in [-0.4, -0.2) is 34.0 Å². The van der Waals surface area contributed by atoms with Crippen molar-refractivity contribution in [2.24, 2.45) is 0 Å². The van der Waals surface area contributed by atoms with Crippen LogP contribution in [0.4, 0.5) is 0 Å². The molecule has 106 valence electrons. The Balaban J connectivity index is 2.36.